The minimum Gasteiger partial charge on any atom is -0.351 e. The molecule has 2 aromatic carbocycles. The summed E-state index contributed by atoms with van der Waals surface area (Å²) in [5.74, 6) is 0.471. The van der Waals surface area contributed by atoms with Gasteiger partial charge in [0.25, 0.3) is 0 Å². The van der Waals surface area contributed by atoms with Crippen molar-refractivity contribution in [1.29, 1.82) is 0 Å². The van der Waals surface area contributed by atoms with E-state index in [-0.39, 0.29) is 11.7 Å². The maximum atomic E-state index is 15.0. The molecule has 0 unspecified atom stereocenters. The van der Waals surface area contributed by atoms with Crippen LogP contribution < -0.4 is 5.32 Å². The van der Waals surface area contributed by atoms with Crippen LogP contribution in [-0.2, 0) is 16.8 Å². The van der Waals surface area contributed by atoms with Crippen molar-refractivity contribution in [3.8, 4) is 0 Å². The van der Waals surface area contributed by atoms with Gasteiger partial charge in [-0.2, -0.15) is 0 Å². The molecular weight excluding hydrogens is 411 g/mol. The van der Waals surface area contributed by atoms with E-state index in [0.717, 1.165) is 24.6 Å². The Bertz CT molecular complexity index is 920. The Labute approximate surface area is 198 Å². The predicted octanol–water partition coefficient (Wildman–Crippen LogP) is 6.08. The van der Waals surface area contributed by atoms with Gasteiger partial charge in [0.2, 0.25) is 5.91 Å². The van der Waals surface area contributed by atoms with Crippen LogP contribution in [0.3, 0.4) is 0 Å². The summed E-state index contributed by atoms with van der Waals surface area (Å²) in [5, 5.41) is 3.13. The zero-order valence-corrected chi connectivity index (χ0v) is 20.4. The highest BCUT2D eigenvalue weighted by Gasteiger charge is 2.45. The van der Waals surface area contributed by atoms with Crippen molar-refractivity contribution < 1.29 is 9.18 Å². The smallest absolute Gasteiger partial charge is 0.231 e. The number of halogens is 1. The zero-order chi connectivity index (χ0) is 23.5. The topological polar surface area (TPSA) is 32.3 Å². The Kier molecular flexibility index (Phi) is 7.23. The van der Waals surface area contributed by atoms with Gasteiger partial charge in [-0.05, 0) is 74.6 Å². The molecule has 0 radical (unpaired) electrons. The van der Waals surface area contributed by atoms with E-state index in [4.69, 9.17) is 0 Å². The second-order valence-corrected chi connectivity index (χ2v) is 11.1. The summed E-state index contributed by atoms with van der Waals surface area (Å²) in [6.45, 7) is 9.23. The van der Waals surface area contributed by atoms with E-state index in [2.05, 4.69) is 31.0 Å². The number of hydrogen-bond acceptors (Lipinski definition) is 2. The van der Waals surface area contributed by atoms with Crippen LogP contribution in [0.4, 0.5) is 4.39 Å². The van der Waals surface area contributed by atoms with Crippen LogP contribution in [0, 0.1) is 17.2 Å². The van der Waals surface area contributed by atoms with Gasteiger partial charge in [0.15, 0.2) is 0 Å². The van der Waals surface area contributed by atoms with Crippen LogP contribution in [-0.4, -0.2) is 29.9 Å². The molecule has 1 saturated carbocycles. The number of likely N-dealkylation sites (tertiary alicyclic amines) is 1. The van der Waals surface area contributed by atoms with Gasteiger partial charge in [-0.15, -0.1) is 0 Å². The van der Waals surface area contributed by atoms with E-state index < -0.39 is 5.41 Å². The lowest BCUT2D eigenvalue weighted by molar-refractivity contribution is -0.129. The molecule has 2 fully saturated rings. The molecule has 1 aliphatic carbocycles. The number of carbonyl (C=O) groups is 1. The van der Waals surface area contributed by atoms with Gasteiger partial charge in [0.05, 0.1) is 5.41 Å². The van der Waals surface area contributed by atoms with Crippen LogP contribution in [0.15, 0.2) is 54.6 Å². The quantitative estimate of drug-likeness (QED) is 0.599. The molecule has 0 atom stereocenters. The maximum Gasteiger partial charge on any atom is 0.231 e. The summed E-state index contributed by atoms with van der Waals surface area (Å²) in [6, 6.07) is 17.4. The van der Waals surface area contributed by atoms with Crippen LogP contribution in [0.1, 0.15) is 70.4 Å². The molecule has 3 nitrogen and oxygen atoms in total. The van der Waals surface area contributed by atoms with Gasteiger partial charge in [-0.1, -0.05) is 69.3 Å². The van der Waals surface area contributed by atoms with Gasteiger partial charge in [0.1, 0.15) is 5.82 Å². The molecule has 4 heteroatoms. The number of nitrogens with one attached hydrogen (secondary N) is 1. The first-order chi connectivity index (χ1) is 15.8. The lowest BCUT2D eigenvalue weighted by Gasteiger charge is -2.46. The summed E-state index contributed by atoms with van der Waals surface area (Å²) in [6.07, 6.45) is 6.34. The van der Waals surface area contributed by atoms with Crippen molar-refractivity contribution in [3.05, 3.63) is 71.5 Å². The van der Waals surface area contributed by atoms with Crippen molar-refractivity contribution in [2.24, 2.45) is 11.3 Å². The minimum absolute atomic E-state index is 0.0486. The SMILES string of the molecule is CC(C)(C)C1CCC(N2CCC(C(=O)NCc3ccccc3)(c3ccccc3F)CC2)CC1. The standard InChI is InChI=1S/C29H39FN2O/c1-28(2,3)23-13-15-24(16-14-23)32-19-17-29(18-20-32,25-11-7-8-12-26(25)30)27(33)31-21-22-9-5-4-6-10-22/h4-12,23-24H,13-21H2,1-3H3,(H,31,33). The zero-order valence-electron chi connectivity index (χ0n) is 20.4. The molecule has 2 aliphatic rings. The average molecular weight is 451 g/mol. The highest BCUT2D eigenvalue weighted by atomic mass is 19.1. The number of hydrogen-bond donors (Lipinski definition) is 1. The Morgan fingerprint density at radius 3 is 2.18 bits per heavy atom. The summed E-state index contributed by atoms with van der Waals surface area (Å²) < 4.78 is 15.0. The van der Waals surface area contributed by atoms with E-state index in [0.29, 0.717) is 36.4 Å². The summed E-state index contributed by atoms with van der Waals surface area (Å²) in [4.78, 5) is 16.2. The number of amides is 1. The average Bonchev–Trinajstić information content (AvgIpc) is 2.83. The van der Waals surface area contributed by atoms with Gasteiger partial charge < -0.3 is 10.2 Å². The van der Waals surface area contributed by atoms with Crippen LogP contribution >= 0.6 is 0 Å². The molecule has 1 heterocycles. The molecule has 178 valence electrons. The molecule has 1 aliphatic heterocycles. The highest BCUT2D eigenvalue weighted by Crippen LogP contribution is 2.42. The van der Waals surface area contributed by atoms with Crippen molar-refractivity contribution in [3.63, 3.8) is 0 Å². The Morgan fingerprint density at radius 1 is 0.970 bits per heavy atom. The molecule has 33 heavy (non-hydrogen) atoms. The Balaban J connectivity index is 1.46. The third-order valence-electron chi connectivity index (χ3n) is 8.21. The summed E-state index contributed by atoms with van der Waals surface area (Å²) >= 11 is 0. The fourth-order valence-corrected chi connectivity index (χ4v) is 5.99. The molecular formula is C29H39FN2O. The van der Waals surface area contributed by atoms with Crippen molar-refractivity contribution in [2.75, 3.05) is 13.1 Å². The number of benzene rings is 2. The van der Waals surface area contributed by atoms with Crippen LogP contribution in [0.2, 0.25) is 0 Å². The van der Waals surface area contributed by atoms with Gasteiger partial charge in [-0.3, -0.25) is 4.79 Å². The predicted molar refractivity (Wildman–Crippen MR) is 132 cm³/mol. The van der Waals surface area contributed by atoms with Crippen molar-refractivity contribution in [1.82, 2.24) is 10.2 Å². The van der Waals surface area contributed by atoms with Gasteiger partial charge in [-0.25, -0.2) is 4.39 Å². The molecule has 2 aromatic rings. The second kappa shape index (κ2) is 9.97. The van der Waals surface area contributed by atoms with E-state index >= 15 is 0 Å². The van der Waals surface area contributed by atoms with Crippen molar-refractivity contribution in [2.45, 2.75) is 77.3 Å². The number of rotatable bonds is 5. The fraction of sp³-hybridized carbons (Fsp3) is 0.552. The first-order valence-electron chi connectivity index (χ1n) is 12.6. The molecule has 1 N–H and O–H groups in total. The van der Waals surface area contributed by atoms with E-state index in [1.54, 1.807) is 6.07 Å². The maximum absolute atomic E-state index is 15.0. The first kappa shape index (κ1) is 23.9. The molecule has 0 spiro atoms. The van der Waals surface area contributed by atoms with Crippen LogP contribution in [0.5, 0.6) is 0 Å². The fourth-order valence-electron chi connectivity index (χ4n) is 5.99. The number of piperidine rings is 1. The summed E-state index contributed by atoms with van der Waals surface area (Å²) in [5.41, 5.74) is 1.18. The number of nitrogens with zero attached hydrogens (tertiary/aromatic N) is 1. The minimum atomic E-state index is -0.806. The Morgan fingerprint density at radius 2 is 1.58 bits per heavy atom. The largest absolute Gasteiger partial charge is 0.351 e. The van der Waals surface area contributed by atoms with Gasteiger partial charge >= 0.3 is 0 Å². The first-order valence-corrected chi connectivity index (χ1v) is 12.6. The molecule has 1 amide bonds. The lowest BCUT2D eigenvalue weighted by Crippen LogP contribution is -2.54. The molecule has 4 rings (SSSR count). The normalized spacial score (nSPS) is 23.8. The van der Waals surface area contributed by atoms with E-state index in [1.807, 2.05) is 42.5 Å². The van der Waals surface area contributed by atoms with E-state index in [9.17, 15) is 9.18 Å². The molecule has 0 aromatic heterocycles. The molecule has 1 saturated heterocycles. The van der Waals surface area contributed by atoms with E-state index in [1.165, 1.54) is 31.7 Å². The second-order valence-electron chi connectivity index (χ2n) is 11.1. The van der Waals surface area contributed by atoms with Gasteiger partial charge in [0, 0.05) is 18.2 Å². The third kappa shape index (κ3) is 5.32. The summed E-state index contributed by atoms with van der Waals surface area (Å²) in [7, 11) is 0. The lowest BCUT2D eigenvalue weighted by atomic mass is 9.69. The Hall–Kier alpha value is -2.20. The number of carbonyl (C=O) groups excluding carboxylic acids is 1. The van der Waals surface area contributed by atoms with Crippen LogP contribution in [0.25, 0.3) is 0 Å². The third-order valence-corrected chi connectivity index (χ3v) is 8.21. The molecule has 0 bridgehead atoms. The van der Waals surface area contributed by atoms with Crippen molar-refractivity contribution >= 4 is 5.91 Å². The monoisotopic (exact) mass is 450 g/mol. The highest BCUT2D eigenvalue weighted by molar-refractivity contribution is 5.88.